The summed E-state index contributed by atoms with van der Waals surface area (Å²) >= 11 is 1.60. The fourth-order valence-electron chi connectivity index (χ4n) is 3.56. The first-order chi connectivity index (χ1) is 16.0. The number of carbonyl (C=O) groups is 1. The largest absolute Gasteiger partial charge is 0.378 e. The van der Waals surface area contributed by atoms with Crippen LogP contribution in [0.2, 0.25) is 0 Å². The fourth-order valence-corrected chi connectivity index (χ4v) is 5.30. The van der Waals surface area contributed by atoms with Gasteiger partial charge in [-0.25, -0.2) is 13.1 Å². The smallest absolute Gasteiger partial charge is 0.251 e. The number of sulfonamides is 1. The summed E-state index contributed by atoms with van der Waals surface area (Å²) in [5.74, 6) is -0.248. The third kappa shape index (κ3) is 6.42. The summed E-state index contributed by atoms with van der Waals surface area (Å²) in [7, 11) is -3.61. The molecule has 1 aromatic heterocycles. The number of thiophene rings is 1. The second-order valence-electron chi connectivity index (χ2n) is 7.70. The molecule has 0 spiro atoms. The van der Waals surface area contributed by atoms with Crippen LogP contribution in [0, 0.1) is 0 Å². The van der Waals surface area contributed by atoms with Gasteiger partial charge in [-0.3, -0.25) is 4.79 Å². The Morgan fingerprint density at radius 1 is 1.00 bits per heavy atom. The van der Waals surface area contributed by atoms with Gasteiger partial charge in [0.1, 0.15) is 0 Å². The zero-order valence-corrected chi connectivity index (χ0v) is 19.8. The van der Waals surface area contributed by atoms with E-state index >= 15 is 0 Å². The minimum absolute atomic E-state index is 0.143. The molecular weight excluding hydrogens is 458 g/mol. The number of hydrogen-bond acceptors (Lipinski definition) is 6. The van der Waals surface area contributed by atoms with Gasteiger partial charge in [-0.05, 0) is 59.8 Å². The summed E-state index contributed by atoms with van der Waals surface area (Å²) in [6.07, 6.45) is 0.644. The lowest BCUT2D eigenvalue weighted by molar-refractivity contribution is 0.0950. The van der Waals surface area contributed by atoms with Gasteiger partial charge >= 0.3 is 0 Å². The highest BCUT2D eigenvalue weighted by atomic mass is 32.2. The quantitative estimate of drug-likeness (QED) is 0.487. The van der Waals surface area contributed by atoms with Crippen molar-refractivity contribution >= 4 is 33.0 Å². The van der Waals surface area contributed by atoms with Crippen LogP contribution in [0.3, 0.4) is 0 Å². The van der Waals surface area contributed by atoms with E-state index in [2.05, 4.69) is 27.1 Å². The van der Waals surface area contributed by atoms with Gasteiger partial charge < -0.3 is 15.0 Å². The molecule has 3 aromatic rings. The molecule has 1 saturated heterocycles. The van der Waals surface area contributed by atoms with Crippen LogP contribution in [0.1, 0.15) is 20.8 Å². The molecular formula is C24H27N3O4S2. The number of anilines is 1. The predicted octanol–water partition coefficient (Wildman–Crippen LogP) is 3.04. The van der Waals surface area contributed by atoms with E-state index in [1.165, 1.54) is 24.3 Å². The normalized spacial score (nSPS) is 14.2. The van der Waals surface area contributed by atoms with Gasteiger partial charge in [0.25, 0.3) is 5.91 Å². The van der Waals surface area contributed by atoms with E-state index in [4.69, 9.17) is 4.74 Å². The van der Waals surface area contributed by atoms with Crippen molar-refractivity contribution in [1.29, 1.82) is 0 Å². The molecule has 9 heteroatoms. The molecule has 0 radical (unpaired) electrons. The van der Waals surface area contributed by atoms with Crippen molar-refractivity contribution in [2.24, 2.45) is 0 Å². The number of hydrogen-bond donors (Lipinski definition) is 2. The first-order valence-electron chi connectivity index (χ1n) is 10.8. The second-order valence-corrected chi connectivity index (χ2v) is 10.5. The average molecular weight is 486 g/mol. The highest BCUT2D eigenvalue weighted by Gasteiger charge is 2.15. The summed E-state index contributed by atoms with van der Waals surface area (Å²) in [5, 5.41) is 4.85. The van der Waals surface area contributed by atoms with E-state index in [-0.39, 0.29) is 10.8 Å². The summed E-state index contributed by atoms with van der Waals surface area (Å²) in [5.41, 5.74) is 2.56. The number of nitrogens with zero attached hydrogens (tertiary/aromatic N) is 1. The molecule has 174 valence electrons. The fraction of sp³-hybridized carbons (Fsp3) is 0.292. The van der Waals surface area contributed by atoms with Gasteiger partial charge in [-0.2, -0.15) is 0 Å². The molecule has 0 saturated carbocycles. The maximum atomic E-state index is 12.5. The second kappa shape index (κ2) is 10.9. The van der Waals surface area contributed by atoms with Crippen LogP contribution in [-0.4, -0.2) is 47.2 Å². The van der Waals surface area contributed by atoms with Crippen molar-refractivity contribution in [3.05, 3.63) is 82.0 Å². The Morgan fingerprint density at radius 3 is 2.39 bits per heavy atom. The summed E-state index contributed by atoms with van der Waals surface area (Å²) in [6, 6.07) is 18.0. The van der Waals surface area contributed by atoms with Crippen LogP contribution < -0.4 is 14.9 Å². The molecule has 4 rings (SSSR count). The minimum Gasteiger partial charge on any atom is -0.378 e. The van der Waals surface area contributed by atoms with Gasteiger partial charge in [0.15, 0.2) is 0 Å². The topological polar surface area (TPSA) is 87.7 Å². The van der Waals surface area contributed by atoms with Gasteiger partial charge in [0.05, 0.1) is 18.1 Å². The van der Waals surface area contributed by atoms with Crippen molar-refractivity contribution in [3.63, 3.8) is 0 Å². The number of rotatable bonds is 9. The SMILES string of the molecule is O=C(NCc1ccc(N2CCOCC2)cc1)c1ccc(S(=O)(=O)NCCc2cccs2)cc1. The lowest BCUT2D eigenvalue weighted by Crippen LogP contribution is -2.36. The minimum atomic E-state index is -3.61. The molecule has 33 heavy (non-hydrogen) atoms. The first kappa shape index (κ1) is 23.4. The Morgan fingerprint density at radius 2 is 1.73 bits per heavy atom. The van der Waals surface area contributed by atoms with E-state index in [0.717, 1.165) is 42.4 Å². The van der Waals surface area contributed by atoms with Crippen LogP contribution in [0.4, 0.5) is 5.69 Å². The number of nitrogens with one attached hydrogen (secondary N) is 2. The highest BCUT2D eigenvalue weighted by Crippen LogP contribution is 2.17. The van der Waals surface area contributed by atoms with Gasteiger partial charge in [-0.1, -0.05) is 18.2 Å². The van der Waals surface area contributed by atoms with Crippen LogP contribution in [0.15, 0.2) is 70.9 Å². The van der Waals surface area contributed by atoms with Crippen molar-refractivity contribution < 1.29 is 17.9 Å². The van der Waals surface area contributed by atoms with E-state index in [1.807, 2.05) is 29.6 Å². The van der Waals surface area contributed by atoms with Crippen molar-refractivity contribution in [1.82, 2.24) is 10.0 Å². The summed E-state index contributed by atoms with van der Waals surface area (Å²) in [6.45, 7) is 3.96. The zero-order valence-electron chi connectivity index (χ0n) is 18.2. The molecule has 0 aliphatic carbocycles. The predicted molar refractivity (Wildman–Crippen MR) is 130 cm³/mol. The Labute approximate surface area is 198 Å². The molecule has 0 unspecified atom stereocenters. The van der Waals surface area contributed by atoms with Crippen molar-refractivity contribution in [2.45, 2.75) is 17.9 Å². The van der Waals surface area contributed by atoms with E-state index in [1.54, 1.807) is 11.3 Å². The molecule has 2 heterocycles. The molecule has 2 aromatic carbocycles. The molecule has 1 fully saturated rings. The van der Waals surface area contributed by atoms with Gasteiger partial charge in [0, 0.05) is 42.3 Å². The van der Waals surface area contributed by atoms with E-state index < -0.39 is 10.0 Å². The number of morpholine rings is 1. The van der Waals surface area contributed by atoms with Crippen molar-refractivity contribution in [2.75, 3.05) is 37.7 Å². The lowest BCUT2D eigenvalue weighted by atomic mass is 10.1. The van der Waals surface area contributed by atoms with E-state index in [9.17, 15) is 13.2 Å². The average Bonchev–Trinajstić information content (AvgIpc) is 3.37. The van der Waals surface area contributed by atoms with Crippen LogP contribution >= 0.6 is 11.3 Å². The van der Waals surface area contributed by atoms with E-state index in [0.29, 0.717) is 25.1 Å². The van der Waals surface area contributed by atoms with Crippen LogP contribution in [0.5, 0.6) is 0 Å². The number of carbonyl (C=O) groups excluding carboxylic acids is 1. The molecule has 7 nitrogen and oxygen atoms in total. The number of ether oxygens (including phenoxy) is 1. The molecule has 2 N–H and O–H groups in total. The molecule has 1 aliphatic rings. The third-order valence-electron chi connectivity index (χ3n) is 5.44. The monoisotopic (exact) mass is 485 g/mol. The lowest BCUT2D eigenvalue weighted by Gasteiger charge is -2.28. The third-order valence-corrected chi connectivity index (χ3v) is 7.85. The van der Waals surface area contributed by atoms with Gasteiger partial charge in [-0.15, -0.1) is 11.3 Å². The molecule has 0 atom stereocenters. The Balaban J connectivity index is 1.28. The zero-order chi connectivity index (χ0) is 23.1. The summed E-state index contributed by atoms with van der Waals surface area (Å²) in [4.78, 5) is 16.0. The Bertz CT molecular complexity index is 1140. The maximum Gasteiger partial charge on any atom is 0.251 e. The first-order valence-corrected chi connectivity index (χ1v) is 13.2. The summed E-state index contributed by atoms with van der Waals surface area (Å²) < 4.78 is 32.9. The number of amides is 1. The molecule has 1 amide bonds. The maximum absolute atomic E-state index is 12.5. The Hall–Kier alpha value is -2.72. The Kier molecular flexibility index (Phi) is 7.77. The number of benzene rings is 2. The molecule has 0 bridgehead atoms. The van der Waals surface area contributed by atoms with Crippen molar-refractivity contribution in [3.8, 4) is 0 Å². The highest BCUT2D eigenvalue weighted by molar-refractivity contribution is 7.89. The van der Waals surface area contributed by atoms with Crippen LogP contribution in [0.25, 0.3) is 0 Å². The standard InChI is InChI=1S/C24H27N3O4S2/c28-24(25-18-19-3-7-21(8-4-19)27-13-15-31-16-14-27)20-5-9-23(10-6-20)33(29,30)26-12-11-22-2-1-17-32-22/h1-10,17,26H,11-16,18H2,(H,25,28). The van der Waals surface area contributed by atoms with Gasteiger partial charge in [0.2, 0.25) is 10.0 Å². The molecule has 1 aliphatic heterocycles. The van der Waals surface area contributed by atoms with Crippen LogP contribution in [-0.2, 0) is 27.7 Å².